The predicted octanol–water partition coefficient (Wildman–Crippen LogP) is 3.23. The van der Waals surface area contributed by atoms with Crippen molar-refractivity contribution in [2.24, 2.45) is 0 Å². The van der Waals surface area contributed by atoms with Gasteiger partial charge >= 0.3 is 0 Å². The van der Waals surface area contributed by atoms with Gasteiger partial charge in [-0.2, -0.15) is 0 Å². The molecule has 16 heavy (non-hydrogen) atoms. The molecule has 84 valence electrons. The van der Waals surface area contributed by atoms with Gasteiger partial charge < -0.3 is 5.73 Å². The van der Waals surface area contributed by atoms with E-state index in [1.807, 2.05) is 6.92 Å². The number of halogens is 2. The summed E-state index contributed by atoms with van der Waals surface area (Å²) < 4.78 is 26.6. The summed E-state index contributed by atoms with van der Waals surface area (Å²) in [4.78, 5) is 4.19. The first kappa shape index (κ1) is 11.0. The Morgan fingerprint density at radius 3 is 2.75 bits per heavy atom. The predicted molar refractivity (Wildman–Crippen MR) is 61.3 cm³/mol. The largest absolute Gasteiger partial charge is 0.389 e. The molecule has 0 radical (unpaired) electrons. The van der Waals surface area contributed by atoms with E-state index >= 15 is 0 Å². The van der Waals surface area contributed by atoms with Gasteiger partial charge in [0.05, 0.1) is 5.01 Å². The van der Waals surface area contributed by atoms with Crippen LogP contribution in [0.1, 0.15) is 11.9 Å². The number of thiazole rings is 1. The summed E-state index contributed by atoms with van der Waals surface area (Å²) in [6.45, 7) is 1.93. The standard InChI is InChI=1S/C11H10F2N2S/c1-2-8-15-10(11(14)16-8)6-4-3-5-7(12)9(6)13/h3-5H,2,14H2,1H3. The number of nitrogens with zero attached hydrogens (tertiary/aromatic N) is 1. The highest BCUT2D eigenvalue weighted by Gasteiger charge is 2.15. The molecule has 0 saturated carbocycles. The maximum atomic E-state index is 13.5. The number of rotatable bonds is 2. The first-order chi connectivity index (χ1) is 7.63. The summed E-state index contributed by atoms with van der Waals surface area (Å²) in [5.74, 6) is -1.79. The van der Waals surface area contributed by atoms with Gasteiger partial charge in [-0.15, -0.1) is 11.3 Å². The van der Waals surface area contributed by atoms with Crippen molar-refractivity contribution in [3.63, 3.8) is 0 Å². The minimum Gasteiger partial charge on any atom is -0.389 e. The molecule has 0 bridgehead atoms. The molecule has 0 amide bonds. The van der Waals surface area contributed by atoms with Crippen LogP contribution in [0.2, 0.25) is 0 Å². The fourth-order valence-corrected chi connectivity index (χ4v) is 2.20. The van der Waals surface area contributed by atoms with Gasteiger partial charge in [-0.05, 0) is 18.6 Å². The third-order valence-corrected chi connectivity index (χ3v) is 3.24. The topological polar surface area (TPSA) is 38.9 Å². The molecule has 0 atom stereocenters. The van der Waals surface area contributed by atoms with Crippen molar-refractivity contribution >= 4 is 16.3 Å². The third kappa shape index (κ3) is 1.78. The zero-order chi connectivity index (χ0) is 11.7. The Hall–Kier alpha value is -1.49. The van der Waals surface area contributed by atoms with Crippen molar-refractivity contribution in [1.29, 1.82) is 0 Å². The van der Waals surface area contributed by atoms with E-state index in [0.717, 1.165) is 17.5 Å². The van der Waals surface area contributed by atoms with Gasteiger partial charge in [-0.3, -0.25) is 0 Å². The molecule has 0 unspecified atom stereocenters. The fourth-order valence-electron chi connectivity index (χ4n) is 1.41. The number of aromatic nitrogens is 1. The van der Waals surface area contributed by atoms with Crippen LogP contribution >= 0.6 is 11.3 Å². The Bertz CT molecular complexity index is 523. The Kier molecular flexibility index (Phi) is 2.87. The molecule has 0 aliphatic heterocycles. The lowest BCUT2D eigenvalue weighted by Crippen LogP contribution is -1.92. The lowest BCUT2D eigenvalue weighted by atomic mass is 10.1. The Labute approximate surface area is 95.7 Å². The summed E-state index contributed by atoms with van der Waals surface area (Å²) in [6, 6.07) is 3.99. The first-order valence-electron chi connectivity index (χ1n) is 4.83. The lowest BCUT2D eigenvalue weighted by Gasteiger charge is -2.01. The van der Waals surface area contributed by atoms with Crippen LogP contribution in [0.3, 0.4) is 0 Å². The zero-order valence-corrected chi connectivity index (χ0v) is 9.44. The van der Waals surface area contributed by atoms with E-state index < -0.39 is 11.6 Å². The van der Waals surface area contributed by atoms with Crippen LogP contribution in [0.25, 0.3) is 11.3 Å². The Morgan fingerprint density at radius 1 is 1.38 bits per heavy atom. The summed E-state index contributed by atoms with van der Waals surface area (Å²) >= 11 is 1.30. The average Bonchev–Trinajstić information content (AvgIpc) is 2.64. The highest BCUT2D eigenvalue weighted by Crippen LogP contribution is 2.32. The van der Waals surface area contributed by atoms with Gasteiger partial charge in [-0.1, -0.05) is 13.0 Å². The number of nitrogens with two attached hydrogens (primary N) is 1. The summed E-state index contributed by atoms with van der Waals surface area (Å²) in [5.41, 5.74) is 6.19. The monoisotopic (exact) mass is 240 g/mol. The number of hydrogen-bond acceptors (Lipinski definition) is 3. The number of benzene rings is 1. The van der Waals surface area contributed by atoms with E-state index in [1.165, 1.54) is 23.5 Å². The maximum Gasteiger partial charge on any atom is 0.168 e. The quantitative estimate of drug-likeness (QED) is 0.875. The second-order valence-corrected chi connectivity index (χ2v) is 4.39. The maximum absolute atomic E-state index is 13.5. The zero-order valence-electron chi connectivity index (χ0n) is 8.63. The van der Waals surface area contributed by atoms with Crippen LogP contribution in [0.4, 0.5) is 13.8 Å². The molecular formula is C11H10F2N2S. The second kappa shape index (κ2) is 4.17. The molecule has 2 rings (SSSR count). The van der Waals surface area contributed by atoms with Crippen molar-refractivity contribution in [2.75, 3.05) is 5.73 Å². The van der Waals surface area contributed by atoms with E-state index in [2.05, 4.69) is 4.98 Å². The van der Waals surface area contributed by atoms with Crippen molar-refractivity contribution in [3.8, 4) is 11.3 Å². The van der Waals surface area contributed by atoms with E-state index in [4.69, 9.17) is 5.73 Å². The van der Waals surface area contributed by atoms with Gasteiger partial charge in [-0.25, -0.2) is 13.8 Å². The van der Waals surface area contributed by atoms with Crippen molar-refractivity contribution in [2.45, 2.75) is 13.3 Å². The molecule has 1 aromatic carbocycles. The van der Waals surface area contributed by atoms with E-state index in [0.29, 0.717) is 10.7 Å². The first-order valence-corrected chi connectivity index (χ1v) is 5.64. The molecule has 5 heteroatoms. The van der Waals surface area contributed by atoms with Gasteiger partial charge in [0.25, 0.3) is 0 Å². The van der Waals surface area contributed by atoms with Gasteiger partial charge in [0.1, 0.15) is 10.7 Å². The number of hydrogen-bond donors (Lipinski definition) is 1. The minimum atomic E-state index is -0.901. The molecule has 2 N–H and O–H groups in total. The molecular weight excluding hydrogens is 230 g/mol. The van der Waals surface area contributed by atoms with Crippen molar-refractivity contribution in [1.82, 2.24) is 4.98 Å². The van der Waals surface area contributed by atoms with Gasteiger partial charge in [0, 0.05) is 5.56 Å². The SMILES string of the molecule is CCc1nc(-c2cccc(F)c2F)c(N)s1. The molecule has 0 aliphatic rings. The molecule has 1 aromatic heterocycles. The number of anilines is 1. The molecule has 2 aromatic rings. The molecule has 0 saturated heterocycles. The van der Waals surface area contributed by atoms with Crippen LogP contribution in [0.5, 0.6) is 0 Å². The van der Waals surface area contributed by atoms with Crippen molar-refractivity contribution < 1.29 is 8.78 Å². The van der Waals surface area contributed by atoms with E-state index in [9.17, 15) is 8.78 Å². The average molecular weight is 240 g/mol. The minimum absolute atomic E-state index is 0.119. The smallest absolute Gasteiger partial charge is 0.168 e. The third-order valence-electron chi connectivity index (χ3n) is 2.21. The summed E-state index contributed by atoms with van der Waals surface area (Å²) in [5, 5.41) is 1.23. The lowest BCUT2D eigenvalue weighted by molar-refractivity contribution is 0.511. The van der Waals surface area contributed by atoms with Gasteiger partial charge in [0.2, 0.25) is 0 Å². The molecule has 0 fully saturated rings. The van der Waals surface area contributed by atoms with Crippen molar-refractivity contribution in [3.05, 3.63) is 34.8 Å². The fraction of sp³-hybridized carbons (Fsp3) is 0.182. The number of nitrogen functional groups attached to an aromatic ring is 1. The van der Waals surface area contributed by atoms with Crippen LogP contribution in [-0.2, 0) is 6.42 Å². The van der Waals surface area contributed by atoms with Crippen LogP contribution in [0, 0.1) is 11.6 Å². The van der Waals surface area contributed by atoms with Crippen LogP contribution < -0.4 is 5.73 Å². The Balaban J connectivity index is 2.58. The highest BCUT2D eigenvalue weighted by molar-refractivity contribution is 7.16. The second-order valence-electron chi connectivity index (χ2n) is 3.28. The molecule has 0 spiro atoms. The van der Waals surface area contributed by atoms with Gasteiger partial charge in [0.15, 0.2) is 11.6 Å². The summed E-state index contributed by atoms with van der Waals surface area (Å²) in [6.07, 6.45) is 0.728. The Morgan fingerprint density at radius 2 is 2.12 bits per heavy atom. The van der Waals surface area contributed by atoms with Crippen LogP contribution in [0.15, 0.2) is 18.2 Å². The number of aryl methyl sites for hydroxylation is 1. The summed E-state index contributed by atoms with van der Waals surface area (Å²) in [7, 11) is 0. The highest BCUT2D eigenvalue weighted by atomic mass is 32.1. The normalized spacial score (nSPS) is 10.7. The molecule has 0 aliphatic carbocycles. The van der Waals surface area contributed by atoms with Crippen LogP contribution in [-0.4, -0.2) is 4.98 Å². The van der Waals surface area contributed by atoms with E-state index in [1.54, 1.807) is 0 Å². The molecule has 2 nitrogen and oxygen atoms in total. The van der Waals surface area contributed by atoms with E-state index in [-0.39, 0.29) is 5.56 Å². The molecule has 1 heterocycles.